The number of likely N-dealkylation sites (tertiary alicyclic amines) is 1. The van der Waals surface area contributed by atoms with Gasteiger partial charge in [-0.05, 0) is 55.4 Å². The maximum Gasteiger partial charge on any atom is 0.317 e. The van der Waals surface area contributed by atoms with E-state index in [-0.39, 0.29) is 6.03 Å². The largest absolute Gasteiger partial charge is 0.494 e. The maximum absolute atomic E-state index is 12.6. The zero-order valence-electron chi connectivity index (χ0n) is 16.2. The van der Waals surface area contributed by atoms with Gasteiger partial charge in [0.25, 0.3) is 0 Å². The summed E-state index contributed by atoms with van der Waals surface area (Å²) in [6.45, 7) is 7.77. The van der Waals surface area contributed by atoms with E-state index in [1.54, 1.807) is 6.20 Å². The Labute approximate surface area is 160 Å². The molecule has 3 rings (SSSR count). The van der Waals surface area contributed by atoms with Gasteiger partial charge in [0.1, 0.15) is 5.75 Å². The Hall–Kier alpha value is -2.57. The highest BCUT2D eigenvalue weighted by molar-refractivity contribution is 5.74. The molecule has 0 aliphatic carbocycles. The predicted molar refractivity (Wildman–Crippen MR) is 104 cm³/mol. The Morgan fingerprint density at radius 1 is 1.41 bits per heavy atom. The molecule has 146 valence electrons. The number of nitrogens with one attached hydrogen (secondary N) is 1. The Balaban J connectivity index is 1.49. The number of carbonyl (C=O) groups is 1. The lowest BCUT2D eigenvalue weighted by Gasteiger charge is -2.32. The van der Waals surface area contributed by atoms with Gasteiger partial charge in [-0.1, -0.05) is 18.2 Å². The lowest BCUT2D eigenvalue weighted by atomic mass is 9.98. The van der Waals surface area contributed by atoms with Crippen molar-refractivity contribution in [3.8, 4) is 5.75 Å². The lowest BCUT2D eigenvalue weighted by molar-refractivity contribution is 0.157. The van der Waals surface area contributed by atoms with E-state index in [2.05, 4.69) is 29.5 Å². The maximum atomic E-state index is 12.6. The summed E-state index contributed by atoms with van der Waals surface area (Å²) in [7, 11) is 0. The van der Waals surface area contributed by atoms with Crippen LogP contribution in [0.2, 0.25) is 0 Å². The highest BCUT2D eigenvalue weighted by Crippen LogP contribution is 2.19. The summed E-state index contributed by atoms with van der Waals surface area (Å²) in [6.07, 6.45) is 6.69. The van der Waals surface area contributed by atoms with Gasteiger partial charge in [0.2, 0.25) is 0 Å². The normalized spacial score (nSPS) is 17.0. The molecule has 1 atom stereocenters. The second-order valence-electron chi connectivity index (χ2n) is 7.17. The van der Waals surface area contributed by atoms with E-state index in [1.165, 1.54) is 0 Å². The number of aryl methyl sites for hydroxylation is 1. The first kappa shape index (κ1) is 19.2. The molecule has 1 N–H and O–H groups in total. The van der Waals surface area contributed by atoms with Gasteiger partial charge in [0.05, 0.1) is 12.8 Å². The molecule has 7 nitrogen and oxygen atoms in total. The second-order valence-corrected chi connectivity index (χ2v) is 7.17. The number of aromatic nitrogens is 3. The van der Waals surface area contributed by atoms with E-state index in [4.69, 9.17) is 4.74 Å². The van der Waals surface area contributed by atoms with Gasteiger partial charge in [0, 0.05) is 32.4 Å². The van der Waals surface area contributed by atoms with Crippen LogP contribution in [0.15, 0.2) is 30.6 Å². The van der Waals surface area contributed by atoms with Gasteiger partial charge >= 0.3 is 6.03 Å². The van der Waals surface area contributed by atoms with Crippen molar-refractivity contribution >= 4 is 6.03 Å². The number of piperidine rings is 1. The number of amides is 2. The van der Waals surface area contributed by atoms with Gasteiger partial charge in [0.15, 0.2) is 0 Å². The first-order valence-corrected chi connectivity index (χ1v) is 9.75. The molecule has 0 unspecified atom stereocenters. The predicted octanol–water partition coefficient (Wildman–Crippen LogP) is 3.00. The number of nitrogens with zero attached hydrogens (tertiary/aromatic N) is 4. The monoisotopic (exact) mass is 371 g/mol. The average Bonchev–Trinajstić information content (AvgIpc) is 3.18. The first-order valence-electron chi connectivity index (χ1n) is 9.75. The van der Waals surface area contributed by atoms with E-state index in [0.717, 1.165) is 62.4 Å². The topological polar surface area (TPSA) is 72.3 Å². The molecule has 0 radical (unpaired) electrons. The van der Waals surface area contributed by atoms with Gasteiger partial charge in [-0.15, -0.1) is 5.10 Å². The standard InChI is InChI=1S/C20H29N5O2/c1-3-11-27-19-7-6-18(16(2)12-19)13-21-20(26)24-9-4-5-17(14-24)15-25-10-8-22-23-25/h6-8,10,12,17H,3-5,9,11,13-15H2,1-2H3,(H,21,26)/t17-/m1/s1. The van der Waals surface area contributed by atoms with Crippen LogP contribution in [0.25, 0.3) is 0 Å². The molecule has 1 fully saturated rings. The minimum atomic E-state index is 0.00370. The molecule has 0 spiro atoms. The van der Waals surface area contributed by atoms with Gasteiger partial charge in [-0.25, -0.2) is 4.79 Å². The van der Waals surface area contributed by atoms with Crippen LogP contribution in [0.1, 0.15) is 37.3 Å². The molecule has 1 aliphatic rings. The Bertz CT molecular complexity index is 732. The zero-order valence-corrected chi connectivity index (χ0v) is 16.2. The minimum Gasteiger partial charge on any atom is -0.494 e. The molecular formula is C20H29N5O2. The van der Waals surface area contributed by atoms with Crippen LogP contribution < -0.4 is 10.1 Å². The Morgan fingerprint density at radius 2 is 2.30 bits per heavy atom. The Morgan fingerprint density at radius 3 is 3.04 bits per heavy atom. The van der Waals surface area contributed by atoms with Crippen molar-refractivity contribution in [1.82, 2.24) is 25.2 Å². The molecule has 1 saturated heterocycles. The molecule has 2 aromatic rings. The van der Waals surface area contributed by atoms with Crippen LogP contribution in [0.5, 0.6) is 5.75 Å². The second kappa shape index (κ2) is 9.39. The highest BCUT2D eigenvalue weighted by atomic mass is 16.5. The summed E-state index contributed by atoms with van der Waals surface area (Å²) in [5, 5.41) is 10.9. The lowest BCUT2D eigenvalue weighted by Crippen LogP contribution is -2.46. The van der Waals surface area contributed by atoms with Crippen molar-refractivity contribution in [3.63, 3.8) is 0 Å². The van der Waals surface area contributed by atoms with Gasteiger partial charge in [-0.3, -0.25) is 4.68 Å². The molecular weight excluding hydrogens is 342 g/mol. The third kappa shape index (κ3) is 5.45. The van der Waals surface area contributed by atoms with Crippen molar-refractivity contribution in [1.29, 1.82) is 0 Å². The number of rotatable bonds is 7. The number of hydrogen-bond acceptors (Lipinski definition) is 4. The smallest absolute Gasteiger partial charge is 0.317 e. The van der Waals surface area contributed by atoms with Gasteiger partial charge < -0.3 is 15.0 Å². The van der Waals surface area contributed by atoms with E-state index < -0.39 is 0 Å². The Kier molecular flexibility index (Phi) is 6.68. The van der Waals surface area contributed by atoms with Crippen molar-refractivity contribution < 1.29 is 9.53 Å². The van der Waals surface area contributed by atoms with Crippen LogP contribution in [-0.2, 0) is 13.1 Å². The minimum absolute atomic E-state index is 0.00370. The molecule has 1 aromatic heterocycles. The number of urea groups is 1. The van der Waals surface area contributed by atoms with E-state index in [0.29, 0.717) is 12.5 Å². The molecule has 1 aromatic carbocycles. The summed E-state index contributed by atoms with van der Waals surface area (Å²) >= 11 is 0. The van der Waals surface area contributed by atoms with Gasteiger partial charge in [-0.2, -0.15) is 0 Å². The third-order valence-corrected chi connectivity index (χ3v) is 4.94. The summed E-state index contributed by atoms with van der Waals surface area (Å²) in [6, 6.07) is 6.04. The first-order chi connectivity index (χ1) is 13.2. The average molecular weight is 371 g/mol. The number of benzene rings is 1. The molecule has 0 saturated carbocycles. The summed E-state index contributed by atoms with van der Waals surface area (Å²) in [4.78, 5) is 14.5. The van der Waals surface area contributed by atoms with Crippen LogP contribution >= 0.6 is 0 Å². The van der Waals surface area contributed by atoms with Crippen LogP contribution in [0.4, 0.5) is 4.79 Å². The SMILES string of the molecule is CCCOc1ccc(CNC(=O)N2CCC[C@@H](Cn3ccnn3)C2)c(C)c1. The fourth-order valence-electron chi connectivity index (χ4n) is 3.45. The van der Waals surface area contributed by atoms with Crippen molar-refractivity contribution in [3.05, 3.63) is 41.7 Å². The van der Waals surface area contributed by atoms with Crippen LogP contribution in [0, 0.1) is 12.8 Å². The molecule has 27 heavy (non-hydrogen) atoms. The molecule has 1 aliphatic heterocycles. The fourth-order valence-corrected chi connectivity index (χ4v) is 3.45. The zero-order chi connectivity index (χ0) is 19.1. The fraction of sp³-hybridized carbons (Fsp3) is 0.550. The van der Waals surface area contributed by atoms with Crippen molar-refractivity contribution in [2.24, 2.45) is 5.92 Å². The molecule has 7 heteroatoms. The molecule has 0 bridgehead atoms. The quantitative estimate of drug-likeness (QED) is 0.812. The highest BCUT2D eigenvalue weighted by Gasteiger charge is 2.24. The summed E-state index contributed by atoms with van der Waals surface area (Å²) in [5.74, 6) is 1.30. The summed E-state index contributed by atoms with van der Waals surface area (Å²) in [5.41, 5.74) is 2.25. The third-order valence-electron chi connectivity index (χ3n) is 4.94. The van der Waals surface area contributed by atoms with Crippen LogP contribution in [-0.4, -0.2) is 45.6 Å². The van der Waals surface area contributed by atoms with Crippen molar-refractivity contribution in [2.75, 3.05) is 19.7 Å². The van der Waals surface area contributed by atoms with E-state index in [1.807, 2.05) is 34.0 Å². The van der Waals surface area contributed by atoms with Crippen LogP contribution in [0.3, 0.4) is 0 Å². The van der Waals surface area contributed by atoms with E-state index in [9.17, 15) is 4.79 Å². The number of carbonyl (C=O) groups excluding carboxylic acids is 1. The van der Waals surface area contributed by atoms with E-state index >= 15 is 0 Å². The summed E-state index contributed by atoms with van der Waals surface area (Å²) < 4.78 is 7.50. The number of ether oxygens (including phenoxy) is 1. The molecule has 2 heterocycles. The molecule has 2 amide bonds. The van der Waals surface area contributed by atoms with Crippen molar-refractivity contribution in [2.45, 2.75) is 46.2 Å². The number of hydrogen-bond donors (Lipinski definition) is 1.